The van der Waals surface area contributed by atoms with E-state index >= 15 is 0 Å². The molecule has 0 atom stereocenters. The number of carbonyl (C=O) groups excluding carboxylic acids is 1. The maximum atomic E-state index is 11.1. The lowest BCUT2D eigenvalue weighted by molar-refractivity contribution is -0.114. The molecular formula is C25H31N3O5S. The summed E-state index contributed by atoms with van der Waals surface area (Å²) in [6, 6.07) is 22.1. The first kappa shape index (κ1) is 26.7. The highest BCUT2D eigenvalue weighted by molar-refractivity contribution is 7.85. The van der Waals surface area contributed by atoms with Crippen LogP contribution in [-0.4, -0.2) is 32.0 Å². The van der Waals surface area contributed by atoms with Crippen molar-refractivity contribution < 1.29 is 22.5 Å². The lowest BCUT2D eigenvalue weighted by Gasteiger charge is -2.24. The summed E-state index contributed by atoms with van der Waals surface area (Å²) in [6.07, 6.45) is 0. The van der Waals surface area contributed by atoms with Crippen molar-refractivity contribution in [1.29, 1.82) is 0 Å². The molecule has 0 spiro atoms. The van der Waals surface area contributed by atoms with Crippen molar-refractivity contribution in [3.8, 4) is 5.75 Å². The van der Waals surface area contributed by atoms with Crippen LogP contribution in [0, 0.1) is 0 Å². The second-order valence-electron chi connectivity index (χ2n) is 7.34. The van der Waals surface area contributed by atoms with Gasteiger partial charge >= 0.3 is 0 Å². The Balaban J connectivity index is 0.000000257. The molecule has 0 bridgehead atoms. The van der Waals surface area contributed by atoms with Crippen molar-refractivity contribution in [3.63, 3.8) is 0 Å². The Morgan fingerprint density at radius 3 is 2.29 bits per heavy atom. The Morgan fingerprint density at radius 1 is 1.03 bits per heavy atom. The molecule has 0 radical (unpaired) electrons. The van der Waals surface area contributed by atoms with Crippen LogP contribution in [0.1, 0.15) is 26.3 Å². The van der Waals surface area contributed by atoms with Crippen molar-refractivity contribution >= 4 is 33.1 Å². The number of carbonyl (C=O) groups is 1. The van der Waals surface area contributed by atoms with E-state index in [0.717, 1.165) is 30.5 Å². The zero-order chi connectivity index (χ0) is 25.1. The highest BCUT2D eigenvalue weighted by Gasteiger charge is 2.11. The first-order valence-electron chi connectivity index (χ1n) is 10.8. The number of nitrogens with one attached hydrogen (secondary N) is 1. The number of benzene rings is 3. The number of nitrogen functional groups attached to an aromatic ring is 1. The molecule has 0 aliphatic heterocycles. The third-order valence-electron chi connectivity index (χ3n) is 4.71. The Kier molecular flexibility index (Phi) is 9.91. The van der Waals surface area contributed by atoms with Gasteiger partial charge < -0.3 is 20.7 Å². The van der Waals surface area contributed by atoms with Gasteiger partial charge in [-0.3, -0.25) is 9.35 Å². The molecule has 8 nitrogen and oxygen atoms in total. The normalized spacial score (nSPS) is 10.6. The average molecular weight is 486 g/mol. The fraction of sp³-hybridized carbons (Fsp3) is 0.240. The third-order valence-corrected chi connectivity index (χ3v) is 5.56. The summed E-state index contributed by atoms with van der Waals surface area (Å²) >= 11 is 0. The van der Waals surface area contributed by atoms with Crippen LogP contribution in [0.5, 0.6) is 5.75 Å². The molecule has 34 heavy (non-hydrogen) atoms. The minimum Gasteiger partial charge on any atom is -0.492 e. The van der Waals surface area contributed by atoms with E-state index in [0.29, 0.717) is 12.4 Å². The van der Waals surface area contributed by atoms with E-state index in [1.54, 1.807) is 6.92 Å². The van der Waals surface area contributed by atoms with E-state index in [-0.39, 0.29) is 16.5 Å². The lowest BCUT2D eigenvalue weighted by Crippen LogP contribution is -2.22. The molecule has 4 N–H and O–H groups in total. The predicted molar refractivity (Wildman–Crippen MR) is 136 cm³/mol. The van der Waals surface area contributed by atoms with Gasteiger partial charge in [-0.15, -0.1) is 0 Å². The molecule has 0 aromatic heterocycles. The van der Waals surface area contributed by atoms with E-state index in [4.69, 9.17) is 15.0 Å². The molecule has 0 fully saturated rings. The molecule has 0 unspecified atom stereocenters. The van der Waals surface area contributed by atoms with Gasteiger partial charge in [0.15, 0.2) is 0 Å². The summed E-state index contributed by atoms with van der Waals surface area (Å²) in [4.78, 5) is 13.2. The minimum absolute atomic E-state index is 0.0479. The zero-order valence-corrected chi connectivity index (χ0v) is 20.4. The van der Waals surface area contributed by atoms with Gasteiger partial charge in [0.1, 0.15) is 5.75 Å². The molecule has 3 aromatic carbocycles. The van der Waals surface area contributed by atoms with Crippen molar-refractivity contribution in [2.24, 2.45) is 0 Å². The van der Waals surface area contributed by atoms with Crippen molar-refractivity contribution in [3.05, 3.63) is 78.4 Å². The number of nitrogens with two attached hydrogens (primary N) is 1. The number of rotatable bonds is 8. The topological polar surface area (TPSA) is 122 Å². The molecule has 0 aliphatic rings. The summed E-state index contributed by atoms with van der Waals surface area (Å²) in [5, 5.41) is 2.82. The van der Waals surface area contributed by atoms with Crippen LogP contribution in [0.3, 0.4) is 0 Å². The molecule has 0 saturated heterocycles. The molecule has 182 valence electrons. The fourth-order valence-electron chi connectivity index (χ4n) is 3.15. The molecular weight excluding hydrogens is 454 g/mol. The Labute approximate surface area is 201 Å². The fourth-order valence-corrected chi connectivity index (χ4v) is 3.66. The SMILES string of the molecule is CCN(Cc1ccccc1)c1cccc(NC(C)=O)c1.CCOc1ccc(S(=O)(=O)O)cc1N. The van der Waals surface area contributed by atoms with Crippen LogP contribution in [0.25, 0.3) is 0 Å². The summed E-state index contributed by atoms with van der Waals surface area (Å²) in [6.45, 7) is 7.66. The quantitative estimate of drug-likeness (QED) is 0.315. The van der Waals surface area contributed by atoms with Crippen LogP contribution in [0.15, 0.2) is 77.7 Å². The monoisotopic (exact) mass is 485 g/mol. The van der Waals surface area contributed by atoms with Crippen molar-refractivity contribution in [2.45, 2.75) is 32.2 Å². The number of nitrogens with zero attached hydrogens (tertiary/aromatic N) is 1. The number of hydrogen-bond acceptors (Lipinski definition) is 6. The van der Waals surface area contributed by atoms with Crippen LogP contribution in [0.2, 0.25) is 0 Å². The average Bonchev–Trinajstić information content (AvgIpc) is 2.79. The Morgan fingerprint density at radius 2 is 1.74 bits per heavy atom. The number of hydrogen-bond donors (Lipinski definition) is 3. The molecule has 1 amide bonds. The first-order valence-corrected chi connectivity index (χ1v) is 12.2. The van der Waals surface area contributed by atoms with E-state index in [9.17, 15) is 13.2 Å². The molecule has 0 aliphatic carbocycles. The van der Waals surface area contributed by atoms with Gasteiger partial charge in [-0.05, 0) is 55.8 Å². The van der Waals surface area contributed by atoms with Crippen molar-refractivity contribution in [1.82, 2.24) is 0 Å². The van der Waals surface area contributed by atoms with Gasteiger partial charge in [-0.1, -0.05) is 36.4 Å². The molecule has 3 rings (SSSR count). The second-order valence-corrected chi connectivity index (χ2v) is 8.76. The maximum absolute atomic E-state index is 11.1. The Bertz CT molecular complexity index is 1180. The summed E-state index contributed by atoms with van der Waals surface area (Å²) < 4.78 is 35.2. The van der Waals surface area contributed by atoms with Crippen LogP contribution in [-0.2, 0) is 21.5 Å². The summed E-state index contributed by atoms with van der Waals surface area (Å²) in [5.41, 5.74) is 8.91. The maximum Gasteiger partial charge on any atom is 0.294 e. The van der Waals surface area contributed by atoms with E-state index in [2.05, 4.69) is 47.5 Å². The van der Waals surface area contributed by atoms with E-state index in [1.165, 1.54) is 24.6 Å². The van der Waals surface area contributed by atoms with Gasteiger partial charge in [0.25, 0.3) is 10.1 Å². The third kappa shape index (κ3) is 8.42. The predicted octanol–water partition coefficient (Wildman–Crippen LogP) is 4.59. The Hall–Kier alpha value is -3.56. The van der Waals surface area contributed by atoms with Gasteiger partial charge in [-0.2, -0.15) is 8.42 Å². The van der Waals surface area contributed by atoms with E-state index < -0.39 is 10.1 Å². The summed E-state index contributed by atoms with van der Waals surface area (Å²) in [5.74, 6) is 0.355. The van der Waals surface area contributed by atoms with Gasteiger partial charge in [0, 0.05) is 31.4 Å². The standard InChI is InChI=1S/C17H20N2O.C8H11NO4S/c1-3-19(13-15-8-5-4-6-9-15)17-11-7-10-16(12-17)18-14(2)20;1-2-13-8-4-3-6(5-7(8)9)14(10,11)12/h4-12H,3,13H2,1-2H3,(H,18,20);3-5H,2,9H2,1H3,(H,10,11,12). The van der Waals surface area contributed by atoms with E-state index in [1.807, 2.05) is 24.3 Å². The van der Waals surface area contributed by atoms with Crippen LogP contribution < -0.4 is 20.7 Å². The van der Waals surface area contributed by atoms with Crippen LogP contribution >= 0.6 is 0 Å². The minimum atomic E-state index is -4.19. The van der Waals surface area contributed by atoms with Gasteiger partial charge in [0.2, 0.25) is 5.91 Å². The second kappa shape index (κ2) is 12.6. The zero-order valence-electron chi connectivity index (χ0n) is 19.6. The number of amides is 1. The van der Waals surface area contributed by atoms with Gasteiger partial charge in [0.05, 0.1) is 17.2 Å². The molecule has 0 heterocycles. The van der Waals surface area contributed by atoms with Gasteiger partial charge in [-0.25, -0.2) is 0 Å². The number of ether oxygens (including phenoxy) is 1. The summed E-state index contributed by atoms with van der Waals surface area (Å²) in [7, 11) is -4.19. The highest BCUT2D eigenvalue weighted by atomic mass is 32.2. The number of anilines is 3. The molecule has 9 heteroatoms. The van der Waals surface area contributed by atoms with Crippen molar-refractivity contribution in [2.75, 3.05) is 29.1 Å². The largest absolute Gasteiger partial charge is 0.492 e. The molecule has 0 saturated carbocycles. The van der Waals surface area contributed by atoms with Crippen LogP contribution in [0.4, 0.5) is 17.1 Å². The first-order chi connectivity index (χ1) is 16.1. The lowest BCUT2D eigenvalue weighted by atomic mass is 10.2. The molecule has 3 aromatic rings. The smallest absolute Gasteiger partial charge is 0.294 e. The highest BCUT2D eigenvalue weighted by Crippen LogP contribution is 2.24.